The van der Waals surface area contributed by atoms with E-state index >= 15 is 0 Å². The molecule has 0 aliphatic carbocycles. The number of ether oxygens (including phenoxy) is 1. The van der Waals surface area contributed by atoms with Crippen LogP contribution in [0.1, 0.15) is 26.4 Å². The summed E-state index contributed by atoms with van der Waals surface area (Å²) in [6, 6.07) is 4.92. The number of carboxylic acid groups (broad SMARTS) is 1. The summed E-state index contributed by atoms with van der Waals surface area (Å²) >= 11 is 0. The first kappa shape index (κ1) is 15.3. The maximum absolute atomic E-state index is 12.1. The molecular weight excluding hydrogens is 290 g/mol. The zero-order valence-corrected chi connectivity index (χ0v) is 11.8. The van der Waals surface area contributed by atoms with Crippen molar-refractivity contribution in [3.63, 3.8) is 0 Å². The van der Waals surface area contributed by atoms with Crippen molar-refractivity contribution in [1.29, 1.82) is 0 Å². The third kappa shape index (κ3) is 2.69. The molecule has 22 heavy (non-hydrogen) atoms. The second-order valence-electron chi connectivity index (χ2n) is 4.60. The molecular formula is C15H13NO6. The highest BCUT2D eigenvalue weighted by molar-refractivity contribution is 6.00. The van der Waals surface area contributed by atoms with Crippen LogP contribution in [0.5, 0.6) is 5.75 Å². The maximum atomic E-state index is 12.1. The lowest BCUT2D eigenvalue weighted by atomic mass is 9.97. The molecule has 0 bridgehead atoms. The number of aromatic amines is 1. The largest absolute Gasteiger partial charge is 0.507 e. The van der Waals surface area contributed by atoms with Crippen LogP contribution in [0.25, 0.3) is 11.1 Å². The van der Waals surface area contributed by atoms with Gasteiger partial charge < -0.3 is 19.9 Å². The van der Waals surface area contributed by atoms with Crippen LogP contribution in [0.15, 0.2) is 29.1 Å². The fraction of sp³-hybridized carbons (Fsp3) is 0.133. The van der Waals surface area contributed by atoms with Crippen LogP contribution in [0.3, 0.4) is 0 Å². The molecule has 7 heteroatoms. The number of hydrogen-bond donors (Lipinski definition) is 3. The average Bonchev–Trinajstić information content (AvgIpc) is 2.45. The normalized spacial score (nSPS) is 10.3. The smallest absolute Gasteiger partial charge is 0.338 e. The number of nitrogens with one attached hydrogen (secondary N) is 1. The number of aromatic nitrogens is 1. The van der Waals surface area contributed by atoms with Crippen molar-refractivity contribution in [3.8, 4) is 16.9 Å². The molecule has 114 valence electrons. The number of carbonyl (C=O) groups is 2. The molecule has 0 aliphatic heterocycles. The summed E-state index contributed by atoms with van der Waals surface area (Å²) in [6.45, 7) is 1.58. The number of hydrogen-bond acceptors (Lipinski definition) is 5. The lowest BCUT2D eigenvalue weighted by Gasteiger charge is -2.10. The quantitative estimate of drug-likeness (QED) is 0.740. The number of esters is 1. The Balaban J connectivity index is 2.82. The Bertz CT molecular complexity index is 821. The van der Waals surface area contributed by atoms with E-state index in [2.05, 4.69) is 9.72 Å². The molecule has 0 saturated carbocycles. The van der Waals surface area contributed by atoms with Crippen molar-refractivity contribution >= 4 is 11.9 Å². The Hall–Kier alpha value is -3.09. The molecule has 0 amide bonds. The molecule has 0 saturated heterocycles. The molecule has 7 nitrogen and oxygen atoms in total. The van der Waals surface area contributed by atoms with Gasteiger partial charge in [0.15, 0.2) is 0 Å². The van der Waals surface area contributed by atoms with Gasteiger partial charge in [0.25, 0.3) is 5.56 Å². The number of methoxy groups -OCH3 is 1. The number of benzene rings is 1. The number of aromatic hydroxyl groups is 1. The van der Waals surface area contributed by atoms with Crippen LogP contribution in [0.4, 0.5) is 0 Å². The van der Waals surface area contributed by atoms with Gasteiger partial charge >= 0.3 is 11.9 Å². The minimum atomic E-state index is -1.22. The standard InChI is InChI=1S/C15H13NO6/c1-7-5-11(17)12(13(18)16-7)10-6-8(14(19)20)3-4-9(10)15(21)22-2/h3-6H,1-2H3,(H,19,20)(H2,16,17,18). The van der Waals surface area contributed by atoms with Crippen LogP contribution in [0, 0.1) is 6.92 Å². The third-order valence-corrected chi connectivity index (χ3v) is 3.09. The molecule has 0 spiro atoms. The molecule has 0 atom stereocenters. The molecule has 2 aromatic rings. The van der Waals surface area contributed by atoms with E-state index in [1.165, 1.54) is 18.2 Å². The first-order valence-corrected chi connectivity index (χ1v) is 6.24. The van der Waals surface area contributed by atoms with E-state index in [4.69, 9.17) is 5.11 Å². The minimum Gasteiger partial charge on any atom is -0.507 e. The monoisotopic (exact) mass is 303 g/mol. The summed E-state index contributed by atoms with van der Waals surface area (Å²) in [7, 11) is 1.16. The zero-order chi connectivity index (χ0) is 16.4. The summed E-state index contributed by atoms with van der Waals surface area (Å²) in [5.41, 5.74) is -0.538. The minimum absolute atomic E-state index is 0.00880. The number of H-pyrrole nitrogens is 1. The van der Waals surface area contributed by atoms with Gasteiger partial charge in [-0.1, -0.05) is 0 Å². The van der Waals surface area contributed by atoms with Crippen molar-refractivity contribution in [3.05, 3.63) is 51.4 Å². The highest BCUT2D eigenvalue weighted by atomic mass is 16.5. The van der Waals surface area contributed by atoms with E-state index in [0.717, 1.165) is 13.2 Å². The summed E-state index contributed by atoms with van der Waals surface area (Å²) in [6.07, 6.45) is 0. The van der Waals surface area contributed by atoms with Crippen molar-refractivity contribution in [1.82, 2.24) is 4.98 Å². The summed E-state index contributed by atoms with van der Waals surface area (Å²) in [5, 5.41) is 19.1. The topological polar surface area (TPSA) is 117 Å². The fourth-order valence-corrected chi connectivity index (χ4v) is 2.10. The van der Waals surface area contributed by atoms with Gasteiger partial charge in [-0.15, -0.1) is 0 Å². The highest BCUT2D eigenvalue weighted by Crippen LogP contribution is 2.30. The van der Waals surface area contributed by atoms with Gasteiger partial charge in [0, 0.05) is 11.3 Å². The predicted octanol–water partition coefficient (Wildman–Crippen LogP) is 1.54. The van der Waals surface area contributed by atoms with Crippen molar-refractivity contribution < 1.29 is 24.5 Å². The second kappa shape index (κ2) is 5.72. The molecule has 1 aromatic carbocycles. The molecule has 1 aromatic heterocycles. The highest BCUT2D eigenvalue weighted by Gasteiger charge is 2.21. The number of carboxylic acids is 1. The number of rotatable bonds is 3. The number of pyridine rings is 1. The van der Waals surface area contributed by atoms with E-state index in [1.807, 2.05) is 0 Å². The lowest BCUT2D eigenvalue weighted by Crippen LogP contribution is -2.14. The zero-order valence-electron chi connectivity index (χ0n) is 11.8. The summed E-state index contributed by atoms with van der Waals surface area (Å²) < 4.78 is 4.62. The Labute approximate surface area is 124 Å². The van der Waals surface area contributed by atoms with Gasteiger partial charge in [0.1, 0.15) is 5.75 Å². The van der Waals surface area contributed by atoms with Crippen LogP contribution in [-0.2, 0) is 4.74 Å². The predicted molar refractivity (Wildman–Crippen MR) is 77.2 cm³/mol. The van der Waals surface area contributed by atoms with Gasteiger partial charge in [-0.25, -0.2) is 9.59 Å². The van der Waals surface area contributed by atoms with Crippen LogP contribution in [0.2, 0.25) is 0 Å². The average molecular weight is 303 g/mol. The van der Waals surface area contributed by atoms with Crippen LogP contribution >= 0.6 is 0 Å². The van der Waals surface area contributed by atoms with Crippen LogP contribution in [-0.4, -0.2) is 34.2 Å². The Morgan fingerprint density at radius 2 is 1.91 bits per heavy atom. The third-order valence-electron chi connectivity index (χ3n) is 3.09. The SMILES string of the molecule is COC(=O)c1ccc(C(=O)O)cc1-c1c(O)cc(C)[nH]c1=O. The Kier molecular flexibility index (Phi) is 3.98. The molecule has 1 heterocycles. The number of aryl methyl sites for hydroxylation is 1. The first-order chi connectivity index (χ1) is 10.3. The van der Waals surface area contributed by atoms with E-state index in [0.29, 0.717) is 5.69 Å². The van der Waals surface area contributed by atoms with E-state index in [-0.39, 0.29) is 28.0 Å². The molecule has 0 fully saturated rings. The Morgan fingerprint density at radius 1 is 1.23 bits per heavy atom. The molecule has 2 rings (SSSR count). The Morgan fingerprint density at radius 3 is 2.45 bits per heavy atom. The molecule has 3 N–H and O–H groups in total. The molecule has 0 radical (unpaired) electrons. The molecule has 0 unspecified atom stereocenters. The fourth-order valence-electron chi connectivity index (χ4n) is 2.10. The van der Waals surface area contributed by atoms with Gasteiger partial charge in [-0.2, -0.15) is 0 Å². The van der Waals surface area contributed by atoms with Crippen molar-refractivity contribution in [2.45, 2.75) is 6.92 Å². The van der Waals surface area contributed by atoms with Gasteiger partial charge in [-0.05, 0) is 31.2 Å². The van der Waals surface area contributed by atoms with E-state index < -0.39 is 17.5 Å². The summed E-state index contributed by atoms with van der Waals surface area (Å²) in [4.78, 5) is 37.5. The number of aromatic carboxylic acids is 1. The summed E-state index contributed by atoms with van der Waals surface area (Å²) in [5.74, 6) is -2.32. The van der Waals surface area contributed by atoms with Crippen LogP contribution < -0.4 is 5.56 Å². The van der Waals surface area contributed by atoms with Gasteiger partial charge in [0.05, 0.1) is 23.8 Å². The van der Waals surface area contributed by atoms with Gasteiger partial charge in [-0.3, -0.25) is 4.79 Å². The van der Waals surface area contributed by atoms with Crippen molar-refractivity contribution in [2.24, 2.45) is 0 Å². The molecule has 0 aliphatic rings. The lowest BCUT2D eigenvalue weighted by molar-refractivity contribution is 0.0599. The van der Waals surface area contributed by atoms with E-state index in [9.17, 15) is 19.5 Å². The second-order valence-corrected chi connectivity index (χ2v) is 4.60. The van der Waals surface area contributed by atoms with Gasteiger partial charge in [0.2, 0.25) is 0 Å². The first-order valence-electron chi connectivity index (χ1n) is 6.24. The number of carbonyl (C=O) groups excluding carboxylic acids is 1. The van der Waals surface area contributed by atoms with Crippen molar-refractivity contribution in [2.75, 3.05) is 7.11 Å². The maximum Gasteiger partial charge on any atom is 0.338 e. The van der Waals surface area contributed by atoms with E-state index in [1.54, 1.807) is 6.92 Å².